The first-order valence-corrected chi connectivity index (χ1v) is 10.7. The molecule has 1 aliphatic rings. The zero-order valence-electron chi connectivity index (χ0n) is 17.1. The summed E-state index contributed by atoms with van der Waals surface area (Å²) in [6, 6.07) is 13.7. The van der Waals surface area contributed by atoms with Crippen LogP contribution in [0.15, 0.2) is 47.4 Å². The van der Waals surface area contributed by atoms with Crippen LogP contribution in [0.3, 0.4) is 0 Å². The van der Waals surface area contributed by atoms with E-state index in [-0.39, 0.29) is 17.4 Å². The van der Waals surface area contributed by atoms with E-state index in [0.29, 0.717) is 17.0 Å². The monoisotopic (exact) mass is 399 g/mol. The van der Waals surface area contributed by atoms with Gasteiger partial charge in [-0.2, -0.15) is 0 Å². The lowest BCUT2D eigenvalue weighted by Crippen LogP contribution is -2.16. The first kappa shape index (κ1) is 20.7. The molecular weight excluding hydrogens is 370 g/mol. The van der Waals surface area contributed by atoms with E-state index in [1.165, 1.54) is 0 Å². The molecule has 1 saturated heterocycles. The molecule has 0 spiro atoms. The molecule has 1 atom stereocenters. The zero-order chi connectivity index (χ0) is 20.1. The van der Waals surface area contributed by atoms with Gasteiger partial charge in [0.1, 0.15) is 5.75 Å². The Hall–Kier alpha value is -1.98. The molecule has 150 valence electrons. The van der Waals surface area contributed by atoms with Crippen LogP contribution in [-0.4, -0.2) is 31.5 Å². The Morgan fingerprint density at radius 3 is 2.71 bits per heavy atom. The number of hydrogen-bond donors (Lipinski definition) is 1. The Balaban J connectivity index is 1.79. The minimum Gasteiger partial charge on any atom is -0.495 e. The molecule has 5 heteroatoms. The fourth-order valence-corrected chi connectivity index (χ4v) is 4.32. The third kappa shape index (κ3) is 5.09. The van der Waals surface area contributed by atoms with Gasteiger partial charge < -0.3 is 14.8 Å². The number of hydrogen-bond acceptors (Lipinski definition) is 4. The normalized spacial score (nSPS) is 16.8. The molecule has 0 aromatic heterocycles. The molecule has 4 nitrogen and oxygen atoms in total. The van der Waals surface area contributed by atoms with E-state index in [9.17, 15) is 4.79 Å². The summed E-state index contributed by atoms with van der Waals surface area (Å²) in [4.78, 5) is 14.0. The minimum atomic E-state index is -0.125. The number of amides is 1. The van der Waals surface area contributed by atoms with Crippen molar-refractivity contribution in [3.63, 3.8) is 0 Å². The second-order valence-electron chi connectivity index (χ2n) is 8.06. The maximum absolute atomic E-state index is 13.0. The Morgan fingerprint density at radius 1 is 1.25 bits per heavy atom. The lowest BCUT2D eigenvalue weighted by molar-refractivity contribution is 0.102. The topological polar surface area (TPSA) is 47.6 Å². The number of methoxy groups -OCH3 is 1. The SMILES string of the molecule is COc1ccc(C(C)(C)C)cc1NC(=O)c1ccccc1SC[C@@H]1CCCO1. The number of thioether (sulfide) groups is 1. The number of rotatable bonds is 6. The number of anilines is 1. The summed E-state index contributed by atoms with van der Waals surface area (Å²) in [5, 5.41) is 3.05. The van der Waals surface area contributed by atoms with Gasteiger partial charge in [-0.3, -0.25) is 4.79 Å². The van der Waals surface area contributed by atoms with Crippen LogP contribution in [0.5, 0.6) is 5.75 Å². The molecule has 1 aliphatic heterocycles. The molecule has 2 aromatic rings. The highest BCUT2D eigenvalue weighted by atomic mass is 32.2. The summed E-state index contributed by atoms with van der Waals surface area (Å²) in [7, 11) is 1.62. The van der Waals surface area contributed by atoms with Gasteiger partial charge in [0.2, 0.25) is 0 Å². The number of carbonyl (C=O) groups excluding carboxylic acids is 1. The van der Waals surface area contributed by atoms with Crippen LogP contribution in [0, 0.1) is 0 Å². The van der Waals surface area contributed by atoms with E-state index in [1.54, 1.807) is 18.9 Å². The van der Waals surface area contributed by atoms with Gasteiger partial charge in [-0.15, -0.1) is 11.8 Å². The van der Waals surface area contributed by atoms with E-state index >= 15 is 0 Å². The Labute approximate surface area is 172 Å². The van der Waals surface area contributed by atoms with Crippen LogP contribution in [-0.2, 0) is 10.2 Å². The fraction of sp³-hybridized carbons (Fsp3) is 0.435. The third-order valence-corrected chi connectivity index (χ3v) is 6.10. The average molecular weight is 400 g/mol. The quantitative estimate of drug-likeness (QED) is 0.650. The largest absolute Gasteiger partial charge is 0.495 e. The molecule has 28 heavy (non-hydrogen) atoms. The minimum absolute atomic E-state index is 0.0131. The maximum Gasteiger partial charge on any atom is 0.256 e. The molecule has 1 fully saturated rings. The van der Waals surface area contributed by atoms with Crippen LogP contribution in [0.4, 0.5) is 5.69 Å². The first-order chi connectivity index (χ1) is 13.4. The summed E-state index contributed by atoms with van der Waals surface area (Å²) < 4.78 is 11.2. The van der Waals surface area contributed by atoms with Crippen LogP contribution < -0.4 is 10.1 Å². The summed E-state index contributed by atoms with van der Waals surface area (Å²) >= 11 is 1.68. The van der Waals surface area contributed by atoms with Crippen molar-refractivity contribution in [3.8, 4) is 5.75 Å². The van der Waals surface area contributed by atoms with Gasteiger partial charge in [0, 0.05) is 17.3 Å². The van der Waals surface area contributed by atoms with Crippen molar-refractivity contribution in [2.75, 3.05) is 24.8 Å². The molecule has 2 aromatic carbocycles. The van der Waals surface area contributed by atoms with Gasteiger partial charge in [-0.05, 0) is 48.1 Å². The van der Waals surface area contributed by atoms with E-state index in [1.807, 2.05) is 42.5 Å². The van der Waals surface area contributed by atoms with Crippen molar-refractivity contribution in [2.45, 2.75) is 50.0 Å². The second kappa shape index (κ2) is 9.01. The van der Waals surface area contributed by atoms with Gasteiger partial charge in [-0.25, -0.2) is 0 Å². The van der Waals surface area contributed by atoms with E-state index in [2.05, 4.69) is 26.1 Å². The molecule has 3 rings (SSSR count). The van der Waals surface area contributed by atoms with Crippen molar-refractivity contribution in [1.29, 1.82) is 0 Å². The number of benzene rings is 2. The molecule has 1 N–H and O–H groups in total. The van der Waals surface area contributed by atoms with Gasteiger partial charge in [-0.1, -0.05) is 39.0 Å². The highest BCUT2D eigenvalue weighted by Crippen LogP contribution is 2.33. The maximum atomic E-state index is 13.0. The molecule has 1 amide bonds. The van der Waals surface area contributed by atoms with Crippen molar-refractivity contribution < 1.29 is 14.3 Å². The van der Waals surface area contributed by atoms with Crippen LogP contribution in [0.1, 0.15) is 49.5 Å². The first-order valence-electron chi connectivity index (χ1n) is 9.72. The third-order valence-electron chi connectivity index (χ3n) is 4.89. The van der Waals surface area contributed by atoms with Crippen molar-refractivity contribution >= 4 is 23.4 Å². The van der Waals surface area contributed by atoms with Gasteiger partial charge >= 0.3 is 0 Å². The van der Waals surface area contributed by atoms with E-state index < -0.39 is 0 Å². The van der Waals surface area contributed by atoms with Gasteiger partial charge in [0.15, 0.2) is 0 Å². The Kier molecular flexibility index (Phi) is 6.68. The Morgan fingerprint density at radius 2 is 2.04 bits per heavy atom. The highest BCUT2D eigenvalue weighted by Gasteiger charge is 2.20. The molecule has 0 radical (unpaired) electrons. The van der Waals surface area contributed by atoms with E-state index in [4.69, 9.17) is 9.47 Å². The zero-order valence-corrected chi connectivity index (χ0v) is 17.9. The number of carbonyl (C=O) groups is 1. The van der Waals surface area contributed by atoms with Crippen molar-refractivity contribution in [2.24, 2.45) is 0 Å². The smallest absolute Gasteiger partial charge is 0.256 e. The molecule has 0 bridgehead atoms. The summed E-state index contributed by atoms with van der Waals surface area (Å²) in [5.41, 5.74) is 2.50. The lowest BCUT2D eigenvalue weighted by Gasteiger charge is -2.21. The highest BCUT2D eigenvalue weighted by molar-refractivity contribution is 7.99. The van der Waals surface area contributed by atoms with E-state index in [0.717, 1.165) is 35.7 Å². The van der Waals surface area contributed by atoms with Gasteiger partial charge in [0.05, 0.1) is 24.5 Å². The van der Waals surface area contributed by atoms with Crippen molar-refractivity contribution in [3.05, 3.63) is 53.6 Å². The van der Waals surface area contributed by atoms with Gasteiger partial charge in [0.25, 0.3) is 5.91 Å². The predicted octanol–water partition coefficient (Wildman–Crippen LogP) is 5.52. The molecular formula is C23H29NO3S. The summed E-state index contributed by atoms with van der Waals surface area (Å²) in [5.74, 6) is 1.40. The molecule has 0 saturated carbocycles. The fourth-order valence-electron chi connectivity index (χ4n) is 3.20. The number of ether oxygens (including phenoxy) is 2. The predicted molar refractivity (Wildman–Crippen MR) is 116 cm³/mol. The summed E-state index contributed by atoms with van der Waals surface area (Å²) in [6.45, 7) is 7.30. The lowest BCUT2D eigenvalue weighted by atomic mass is 9.87. The Bertz CT molecular complexity index is 823. The average Bonchev–Trinajstić information content (AvgIpc) is 3.19. The number of nitrogens with one attached hydrogen (secondary N) is 1. The van der Waals surface area contributed by atoms with Crippen LogP contribution in [0.2, 0.25) is 0 Å². The second-order valence-corrected chi connectivity index (χ2v) is 9.12. The molecule has 0 aliphatic carbocycles. The van der Waals surface area contributed by atoms with Crippen LogP contribution in [0.25, 0.3) is 0 Å². The molecule has 0 unspecified atom stereocenters. The van der Waals surface area contributed by atoms with Crippen LogP contribution >= 0.6 is 11.8 Å². The standard InChI is InChI=1S/C23H29NO3S/c1-23(2,3)16-11-12-20(26-4)19(14-16)24-22(25)18-9-5-6-10-21(18)28-15-17-8-7-13-27-17/h5-6,9-12,14,17H,7-8,13,15H2,1-4H3,(H,24,25)/t17-/m0/s1. The molecule has 1 heterocycles. The summed E-state index contributed by atoms with van der Waals surface area (Å²) in [6.07, 6.45) is 2.50. The van der Waals surface area contributed by atoms with Crippen molar-refractivity contribution in [1.82, 2.24) is 0 Å².